The number of aromatic nitrogens is 2. The first-order valence-corrected chi connectivity index (χ1v) is 5.93. The van der Waals surface area contributed by atoms with Gasteiger partial charge in [-0.05, 0) is 25.7 Å². The molecule has 0 aromatic carbocycles. The maximum Gasteiger partial charge on any atom is 0.223 e. The minimum atomic E-state index is 0.322. The second kappa shape index (κ2) is 5.01. The monoisotopic (exact) mass is 221 g/mol. The molecule has 0 aliphatic heterocycles. The van der Waals surface area contributed by atoms with E-state index in [9.17, 15) is 0 Å². The number of nitrogens with two attached hydrogens (primary N) is 1. The predicted octanol–water partition coefficient (Wildman–Crippen LogP) is 1.85. The van der Waals surface area contributed by atoms with Crippen LogP contribution in [0.1, 0.15) is 32.6 Å². The van der Waals surface area contributed by atoms with E-state index in [1.807, 2.05) is 6.07 Å². The summed E-state index contributed by atoms with van der Waals surface area (Å²) in [5.74, 6) is 1.95. The van der Waals surface area contributed by atoms with Gasteiger partial charge in [0.2, 0.25) is 5.95 Å². The number of rotatable bonds is 5. The van der Waals surface area contributed by atoms with Crippen LogP contribution in [0.2, 0.25) is 0 Å². The van der Waals surface area contributed by atoms with Crippen LogP contribution in [0.5, 0.6) is 0 Å². The first kappa shape index (κ1) is 11.0. The van der Waals surface area contributed by atoms with E-state index in [2.05, 4.69) is 27.5 Å². The third kappa shape index (κ3) is 2.74. The normalized spacial score (nSPS) is 15.6. The van der Waals surface area contributed by atoms with Crippen LogP contribution in [-0.4, -0.2) is 22.6 Å². The molecule has 5 nitrogen and oxygen atoms in total. The molecule has 5 heteroatoms. The number of anilines is 3. The number of nitrogens with zero attached hydrogens (tertiary/aromatic N) is 2. The average Bonchev–Trinajstić information content (AvgIpc) is 2.20. The molecule has 88 valence electrons. The van der Waals surface area contributed by atoms with Crippen LogP contribution >= 0.6 is 0 Å². The lowest BCUT2D eigenvalue weighted by Gasteiger charge is -2.27. The number of nitrogen functional groups attached to an aromatic ring is 1. The topological polar surface area (TPSA) is 75.9 Å². The molecule has 1 aromatic heterocycles. The van der Waals surface area contributed by atoms with E-state index in [1.54, 1.807) is 0 Å². The molecule has 0 bridgehead atoms. The van der Waals surface area contributed by atoms with E-state index in [-0.39, 0.29) is 0 Å². The second-order valence-corrected chi connectivity index (χ2v) is 4.20. The van der Waals surface area contributed by atoms with Crippen LogP contribution in [0.25, 0.3) is 0 Å². The largest absolute Gasteiger partial charge is 0.370 e. The zero-order chi connectivity index (χ0) is 11.4. The molecule has 0 radical (unpaired) electrons. The highest BCUT2D eigenvalue weighted by atomic mass is 15.1. The Kier molecular flexibility index (Phi) is 3.44. The Hall–Kier alpha value is -1.52. The lowest BCUT2D eigenvalue weighted by molar-refractivity contribution is 0.444. The quantitative estimate of drug-likeness (QED) is 0.707. The zero-order valence-corrected chi connectivity index (χ0v) is 9.66. The Labute approximate surface area is 95.9 Å². The van der Waals surface area contributed by atoms with Crippen LogP contribution in [0, 0.1) is 0 Å². The Morgan fingerprint density at radius 2 is 2.12 bits per heavy atom. The van der Waals surface area contributed by atoms with Crippen molar-refractivity contribution in [3.63, 3.8) is 0 Å². The lowest BCUT2D eigenvalue weighted by Crippen LogP contribution is -2.27. The summed E-state index contributed by atoms with van der Waals surface area (Å²) in [6.45, 7) is 3.02. The first-order valence-electron chi connectivity index (χ1n) is 5.93. The molecule has 0 saturated heterocycles. The zero-order valence-electron chi connectivity index (χ0n) is 9.66. The van der Waals surface area contributed by atoms with Crippen molar-refractivity contribution in [3.8, 4) is 0 Å². The standard InChI is InChI=1S/C11H19N5/c1-2-6-13-9-7-10(16-11(12)15-9)14-8-4-3-5-8/h7-8H,2-6H2,1H3,(H4,12,13,14,15,16). The van der Waals surface area contributed by atoms with Crippen molar-refractivity contribution in [2.24, 2.45) is 0 Å². The van der Waals surface area contributed by atoms with Crippen molar-refractivity contribution < 1.29 is 0 Å². The van der Waals surface area contributed by atoms with Gasteiger partial charge in [-0.1, -0.05) is 6.92 Å². The lowest BCUT2D eigenvalue weighted by atomic mass is 9.93. The van der Waals surface area contributed by atoms with E-state index in [4.69, 9.17) is 5.73 Å². The molecule has 0 atom stereocenters. The summed E-state index contributed by atoms with van der Waals surface area (Å²) in [7, 11) is 0. The van der Waals surface area contributed by atoms with Gasteiger partial charge in [0.05, 0.1) is 0 Å². The number of nitrogens with one attached hydrogen (secondary N) is 2. The molecule has 1 aromatic rings. The van der Waals surface area contributed by atoms with Crippen molar-refractivity contribution in [1.82, 2.24) is 9.97 Å². The van der Waals surface area contributed by atoms with Gasteiger partial charge in [-0.2, -0.15) is 9.97 Å². The number of hydrogen-bond donors (Lipinski definition) is 3. The van der Waals surface area contributed by atoms with Gasteiger partial charge in [-0.25, -0.2) is 0 Å². The van der Waals surface area contributed by atoms with Crippen molar-refractivity contribution in [2.75, 3.05) is 22.9 Å². The van der Waals surface area contributed by atoms with Gasteiger partial charge in [0.15, 0.2) is 0 Å². The maximum atomic E-state index is 5.66. The molecule has 1 fully saturated rings. The summed E-state index contributed by atoms with van der Waals surface area (Å²) in [4.78, 5) is 8.32. The molecule has 1 saturated carbocycles. The SMILES string of the molecule is CCCNc1cc(NC2CCC2)nc(N)n1. The molecule has 1 heterocycles. The second-order valence-electron chi connectivity index (χ2n) is 4.20. The highest BCUT2D eigenvalue weighted by Crippen LogP contribution is 2.23. The van der Waals surface area contributed by atoms with Gasteiger partial charge in [-0.15, -0.1) is 0 Å². The Morgan fingerprint density at radius 3 is 2.75 bits per heavy atom. The first-order chi connectivity index (χ1) is 7.78. The molecule has 16 heavy (non-hydrogen) atoms. The fourth-order valence-electron chi connectivity index (χ4n) is 1.65. The van der Waals surface area contributed by atoms with Crippen LogP contribution < -0.4 is 16.4 Å². The van der Waals surface area contributed by atoms with Crippen LogP contribution in [0.4, 0.5) is 17.6 Å². The minimum absolute atomic E-state index is 0.322. The van der Waals surface area contributed by atoms with Gasteiger partial charge >= 0.3 is 0 Å². The van der Waals surface area contributed by atoms with Crippen LogP contribution in [0.3, 0.4) is 0 Å². The smallest absolute Gasteiger partial charge is 0.223 e. The molecular formula is C11H19N5. The van der Waals surface area contributed by atoms with E-state index in [1.165, 1.54) is 19.3 Å². The van der Waals surface area contributed by atoms with E-state index in [0.717, 1.165) is 24.6 Å². The van der Waals surface area contributed by atoms with Gasteiger partial charge < -0.3 is 16.4 Å². The van der Waals surface area contributed by atoms with Crippen LogP contribution in [-0.2, 0) is 0 Å². The van der Waals surface area contributed by atoms with E-state index < -0.39 is 0 Å². The third-order valence-corrected chi connectivity index (χ3v) is 2.76. The van der Waals surface area contributed by atoms with Gasteiger partial charge in [0, 0.05) is 18.7 Å². The van der Waals surface area contributed by atoms with Gasteiger partial charge in [-0.3, -0.25) is 0 Å². The summed E-state index contributed by atoms with van der Waals surface area (Å²) in [5.41, 5.74) is 5.66. The third-order valence-electron chi connectivity index (χ3n) is 2.76. The minimum Gasteiger partial charge on any atom is -0.370 e. The Bertz CT molecular complexity index is 348. The Balaban J connectivity index is 2.02. The van der Waals surface area contributed by atoms with Gasteiger partial charge in [0.25, 0.3) is 0 Å². The van der Waals surface area contributed by atoms with Crippen molar-refractivity contribution in [3.05, 3.63) is 6.07 Å². The number of hydrogen-bond acceptors (Lipinski definition) is 5. The van der Waals surface area contributed by atoms with E-state index >= 15 is 0 Å². The molecule has 4 N–H and O–H groups in total. The van der Waals surface area contributed by atoms with E-state index in [0.29, 0.717) is 12.0 Å². The van der Waals surface area contributed by atoms with Crippen molar-refractivity contribution in [1.29, 1.82) is 0 Å². The fourth-order valence-corrected chi connectivity index (χ4v) is 1.65. The molecule has 2 rings (SSSR count). The highest BCUT2D eigenvalue weighted by Gasteiger charge is 2.17. The molecule has 1 aliphatic rings. The van der Waals surface area contributed by atoms with Crippen LogP contribution in [0.15, 0.2) is 6.07 Å². The molecule has 0 amide bonds. The Morgan fingerprint density at radius 1 is 1.38 bits per heavy atom. The molecular weight excluding hydrogens is 202 g/mol. The molecule has 0 spiro atoms. The predicted molar refractivity (Wildman–Crippen MR) is 66.5 cm³/mol. The molecule has 0 unspecified atom stereocenters. The van der Waals surface area contributed by atoms with Crippen molar-refractivity contribution >= 4 is 17.6 Å². The summed E-state index contributed by atoms with van der Waals surface area (Å²) >= 11 is 0. The average molecular weight is 221 g/mol. The maximum absolute atomic E-state index is 5.66. The summed E-state index contributed by atoms with van der Waals surface area (Å²) in [6.07, 6.45) is 4.82. The highest BCUT2D eigenvalue weighted by molar-refractivity contribution is 5.51. The summed E-state index contributed by atoms with van der Waals surface area (Å²) in [5, 5.41) is 6.58. The summed E-state index contributed by atoms with van der Waals surface area (Å²) < 4.78 is 0. The molecule has 1 aliphatic carbocycles. The summed E-state index contributed by atoms with van der Waals surface area (Å²) in [6, 6.07) is 2.48. The van der Waals surface area contributed by atoms with Crippen molar-refractivity contribution in [2.45, 2.75) is 38.6 Å². The fraction of sp³-hybridized carbons (Fsp3) is 0.636. The van der Waals surface area contributed by atoms with Gasteiger partial charge in [0.1, 0.15) is 11.6 Å².